The fourth-order valence-electron chi connectivity index (χ4n) is 3.56. The molecule has 1 aromatic carbocycles. The van der Waals surface area contributed by atoms with E-state index < -0.39 is 0 Å². The Morgan fingerprint density at radius 1 is 1.03 bits per heavy atom. The van der Waals surface area contributed by atoms with Crippen LogP contribution in [0.1, 0.15) is 46.0 Å². The molecule has 7 heteroatoms. The SMILES string of the molecule is CCN(CC)C(=O)c1cccc(C(=O)N2CCc3cc(OC)c(OC)cc3C2)n1. The summed E-state index contributed by atoms with van der Waals surface area (Å²) >= 11 is 0. The molecule has 0 saturated heterocycles. The third-order valence-corrected chi connectivity index (χ3v) is 5.24. The highest BCUT2D eigenvalue weighted by atomic mass is 16.5. The molecule has 0 spiro atoms. The third kappa shape index (κ3) is 4.18. The predicted octanol–water partition coefficient (Wildman–Crippen LogP) is 2.78. The number of hydrogen-bond acceptors (Lipinski definition) is 5. The number of carbonyl (C=O) groups is 2. The Balaban J connectivity index is 1.82. The predicted molar refractivity (Wildman–Crippen MR) is 109 cm³/mol. The van der Waals surface area contributed by atoms with Gasteiger partial charge in [0, 0.05) is 26.2 Å². The molecule has 0 bridgehead atoms. The van der Waals surface area contributed by atoms with Crippen LogP contribution in [-0.2, 0) is 13.0 Å². The van der Waals surface area contributed by atoms with Crippen molar-refractivity contribution in [2.45, 2.75) is 26.8 Å². The van der Waals surface area contributed by atoms with Crippen LogP contribution in [0.2, 0.25) is 0 Å². The van der Waals surface area contributed by atoms with Gasteiger partial charge in [-0.15, -0.1) is 0 Å². The third-order valence-electron chi connectivity index (χ3n) is 5.24. The number of ether oxygens (including phenoxy) is 2. The van der Waals surface area contributed by atoms with Gasteiger partial charge in [-0.05, 0) is 55.7 Å². The average molecular weight is 397 g/mol. The molecule has 1 aliphatic heterocycles. The molecule has 0 radical (unpaired) electrons. The van der Waals surface area contributed by atoms with Crippen molar-refractivity contribution in [2.75, 3.05) is 33.9 Å². The first-order chi connectivity index (χ1) is 14.0. The van der Waals surface area contributed by atoms with E-state index in [9.17, 15) is 9.59 Å². The van der Waals surface area contributed by atoms with Gasteiger partial charge in [-0.1, -0.05) is 6.07 Å². The van der Waals surface area contributed by atoms with Crippen molar-refractivity contribution >= 4 is 11.8 Å². The highest BCUT2D eigenvalue weighted by Crippen LogP contribution is 2.33. The number of benzene rings is 1. The van der Waals surface area contributed by atoms with E-state index in [0.717, 1.165) is 17.5 Å². The molecule has 3 rings (SSSR count). The van der Waals surface area contributed by atoms with E-state index in [1.807, 2.05) is 26.0 Å². The Morgan fingerprint density at radius 3 is 2.28 bits per heavy atom. The molecule has 154 valence electrons. The van der Waals surface area contributed by atoms with Crippen molar-refractivity contribution in [3.8, 4) is 11.5 Å². The van der Waals surface area contributed by atoms with E-state index in [2.05, 4.69) is 4.98 Å². The van der Waals surface area contributed by atoms with Crippen LogP contribution in [0.5, 0.6) is 11.5 Å². The molecule has 2 amide bonds. The Hall–Kier alpha value is -3.09. The zero-order chi connectivity index (χ0) is 21.0. The normalized spacial score (nSPS) is 12.9. The van der Waals surface area contributed by atoms with Crippen LogP contribution in [0.25, 0.3) is 0 Å². The number of nitrogens with zero attached hydrogens (tertiary/aromatic N) is 3. The number of hydrogen-bond donors (Lipinski definition) is 0. The van der Waals surface area contributed by atoms with E-state index in [4.69, 9.17) is 9.47 Å². The number of fused-ring (bicyclic) bond motifs is 1. The molecule has 0 saturated carbocycles. The van der Waals surface area contributed by atoms with Gasteiger partial charge in [0.15, 0.2) is 11.5 Å². The van der Waals surface area contributed by atoms with E-state index in [1.54, 1.807) is 42.2 Å². The zero-order valence-corrected chi connectivity index (χ0v) is 17.4. The fraction of sp³-hybridized carbons (Fsp3) is 0.409. The van der Waals surface area contributed by atoms with Crippen LogP contribution in [0, 0.1) is 0 Å². The van der Waals surface area contributed by atoms with Gasteiger partial charge in [0.2, 0.25) is 0 Å². The number of methoxy groups -OCH3 is 2. The summed E-state index contributed by atoms with van der Waals surface area (Å²) in [5.74, 6) is 0.992. The van der Waals surface area contributed by atoms with Gasteiger partial charge in [-0.2, -0.15) is 0 Å². The molecule has 0 fully saturated rings. The largest absolute Gasteiger partial charge is 0.493 e. The second-order valence-corrected chi connectivity index (χ2v) is 6.84. The Kier molecular flexibility index (Phi) is 6.36. The number of amides is 2. The second kappa shape index (κ2) is 8.94. The van der Waals surface area contributed by atoms with Crippen LogP contribution in [0.4, 0.5) is 0 Å². The molecule has 2 aromatic rings. The van der Waals surface area contributed by atoms with E-state index in [-0.39, 0.29) is 17.5 Å². The molecule has 0 atom stereocenters. The van der Waals surface area contributed by atoms with E-state index in [0.29, 0.717) is 43.4 Å². The summed E-state index contributed by atoms with van der Waals surface area (Å²) in [6.45, 7) is 6.09. The first-order valence-electron chi connectivity index (χ1n) is 9.81. The number of pyridine rings is 1. The average Bonchev–Trinajstić information content (AvgIpc) is 2.77. The minimum absolute atomic E-state index is 0.162. The summed E-state index contributed by atoms with van der Waals surface area (Å²) in [7, 11) is 3.21. The molecular formula is C22H27N3O4. The van der Waals surface area contributed by atoms with Crippen molar-refractivity contribution in [3.05, 3.63) is 52.8 Å². The molecule has 0 aliphatic carbocycles. The molecule has 7 nitrogen and oxygen atoms in total. The summed E-state index contributed by atoms with van der Waals surface area (Å²) in [6.07, 6.45) is 0.722. The van der Waals surface area contributed by atoms with Gasteiger partial charge in [0.05, 0.1) is 14.2 Å². The monoisotopic (exact) mass is 397 g/mol. The summed E-state index contributed by atoms with van der Waals surface area (Å²) in [4.78, 5) is 33.4. The topological polar surface area (TPSA) is 72.0 Å². The van der Waals surface area contributed by atoms with Gasteiger partial charge >= 0.3 is 0 Å². The molecule has 1 aliphatic rings. The van der Waals surface area contributed by atoms with Crippen molar-refractivity contribution in [1.82, 2.24) is 14.8 Å². The van der Waals surface area contributed by atoms with Crippen LogP contribution in [-0.4, -0.2) is 60.5 Å². The lowest BCUT2D eigenvalue weighted by Crippen LogP contribution is -2.37. The quantitative estimate of drug-likeness (QED) is 0.750. The molecule has 2 heterocycles. The zero-order valence-electron chi connectivity index (χ0n) is 17.4. The summed E-state index contributed by atoms with van der Waals surface area (Å²) < 4.78 is 10.8. The van der Waals surface area contributed by atoms with Crippen molar-refractivity contribution in [3.63, 3.8) is 0 Å². The Labute approximate surface area is 171 Å². The highest BCUT2D eigenvalue weighted by molar-refractivity contribution is 5.96. The van der Waals surface area contributed by atoms with Crippen molar-refractivity contribution in [2.24, 2.45) is 0 Å². The molecule has 1 aromatic heterocycles. The van der Waals surface area contributed by atoms with E-state index >= 15 is 0 Å². The van der Waals surface area contributed by atoms with Crippen molar-refractivity contribution < 1.29 is 19.1 Å². The summed E-state index contributed by atoms with van der Waals surface area (Å²) in [5, 5.41) is 0. The number of rotatable bonds is 6. The van der Waals surface area contributed by atoms with Gasteiger partial charge < -0.3 is 19.3 Å². The lowest BCUT2D eigenvalue weighted by molar-refractivity contribution is 0.0727. The lowest BCUT2D eigenvalue weighted by atomic mass is 9.98. The second-order valence-electron chi connectivity index (χ2n) is 6.84. The van der Waals surface area contributed by atoms with Gasteiger partial charge in [-0.3, -0.25) is 9.59 Å². The smallest absolute Gasteiger partial charge is 0.272 e. The first-order valence-corrected chi connectivity index (χ1v) is 9.81. The number of carbonyl (C=O) groups excluding carboxylic acids is 2. The molecular weight excluding hydrogens is 370 g/mol. The first kappa shape index (κ1) is 20.6. The highest BCUT2D eigenvalue weighted by Gasteiger charge is 2.25. The summed E-state index contributed by atoms with van der Waals surface area (Å²) in [5.41, 5.74) is 2.75. The Morgan fingerprint density at radius 2 is 1.66 bits per heavy atom. The summed E-state index contributed by atoms with van der Waals surface area (Å²) in [6, 6.07) is 8.91. The van der Waals surface area contributed by atoms with Crippen LogP contribution >= 0.6 is 0 Å². The van der Waals surface area contributed by atoms with Crippen LogP contribution in [0.3, 0.4) is 0 Å². The molecule has 0 unspecified atom stereocenters. The van der Waals surface area contributed by atoms with Gasteiger partial charge in [-0.25, -0.2) is 4.98 Å². The van der Waals surface area contributed by atoms with E-state index in [1.165, 1.54) is 0 Å². The van der Waals surface area contributed by atoms with Crippen LogP contribution in [0.15, 0.2) is 30.3 Å². The van der Waals surface area contributed by atoms with Crippen LogP contribution < -0.4 is 9.47 Å². The maximum atomic E-state index is 13.1. The standard InChI is InChI=1S/C22H27N3O4/c1-5-24(6-2)21(26)17-8-7-9-18(23-17)22(27)25-11-10-15-12-19(28-3)20(29-4)13-16(15)14-25/h7-9,12-13H,5-6,10-11,14H2,1-4H3. The maximum Gasteiger partial charge on any atom is 0.272 e. The van der Waals surface area contributed by atoms with Gasteiger partial charge in [0.1, 0.15) is 11.4 Å². The number of aromatic nitrogens is 1. The maximum absolute atomic E-state index is 13.1. The Bertz CT molecular complexity index is 909. The molecule has 0 N–H and O–H groups in total. The lowest BCUT2D eigenvalue weighted by Gasteiger charge is -2.29. The fourth-order valence-corrected chi connectivity index (χ4v) is 3.56. The minimum Gasteiger partial charge on any atom is -0.493 e. The molecule has 29 heavy (non-hydrogen) atoms. The minimum atomic E-state index is -0.181. The van der Waals surface area contributed by atoms with Gasteiger partial charge in [0.25, 0.3) is 11.8 Å². The van der Waals surface area contributed by atoms with Crippen molar-refractivity contribution in [1.29, 1.82) is 0 Å².